The Morgan fingerprint density at radius 3 is 2.76 bits per heavy atom. The molecule has 1 unspecified atom stereocenters. The molecule has 0 aliphatic rings. The Labute approximate surface area is 108 Å². The molecule has 1 rings (SSSR count). The lowest BCUT2D eigenvalue weighted by Gasteiger charge is -2.18. The molecule has 0 bridgehead atoms. The van der Waals surface area contributed by atoms with E-state index in [9.17, 15) is 0 Å². The molecule has 0 spiro atoms. The summed E-state index contributed by atoms with van der Waals surface area (Å²) in [5.41, 5.74) is 1.09. The minimum Gasteiger partial charge on any atom is -0.366 e. The summed E-state index contributed by atoms with van der Waals surface area (Å²) in [5.74, 6) is 2.73. The second-order valence-corrected chi connectivity index (χ2v) is 4.87. The van der Waals surface area contributed by atoms with E-state index in [4.69, 9.17) is 0 Å². The van der Waals surface area contributed by atoms with Crippen molar-refractivity contribution in [3.05, 3.63) is 11.8 Å². The van der Waals surface area contributed by atoms with Crippen LogP contribution in [0, 0.1) is 6.92 Å². The summed E-state index contributed by atoms with van der Waals surface area (Å²) in [6, 6.07) is 0.466. The van der Waals surface area contributed by atoms with Crippen LogP contribution in [0.5, 0.6) is 0 Å². The first-order valence-electron chi connectivity index (χ1n) is 6.04. The van der Waals surface area contributed by atoms with Gasteiger partial charge in [0, 0.05) is 30.1 Å². The number of thioether (sulfide) groups is 1. The Balaban J connectivity index is 2.76. The van der Waals surface area contributed by atoms with Crippen LogP contribution in [0.3, 0.4) is 0 Å². The molecule has 1 aromatic heterocycles. The van der Waals surface area contributed by atoms with E-state index >= 15 is 0 Å². The van der Waals surface area contributed by atoms with Gasteiger partial charge >= 0.3 is 0 Å². The minimum atomic E-state index is 0.466. The lowest BCUT2D eigenvalue weighted by molar-refractivity contribution is 0.767. The highest BCUT2D eigenvalue weighted by atomic mass is 32.2. The third-order valence-corrected chi connectivity index (χ3v) is 3.24. The molecule has 0 saturated heterocycles. The summed E-state index contributed by atoms with van der Waals surface area (Å²) in [7, 11) is 0. The van der Waals surface area contributed by atoms with E-state index in [0.717, 1.165) is 30.1 Å². The zero-order chi connectivity index (χ0) is 12.7. The van der Waals surface area contributed by atoms with E-state index in [-0.39, 0.29) is 0 Å². The Hall–Kier alpha value is -0.970. The third kappa shape index (κ3) is 4.42. The fourth-order valence-corrected chi connectivity index (χ4v) is 2.21. The largest absolute Gasteiger partial charge is 0.366 e. The molecule has 1 heterocycles. The van der Waals surface area contributed by atoms with Gasteiger partial charge in [0.1, 0.15) is 5.82 Å². The summed E-state index contributed by atoms with van der Waals surface area (Å²) < 4.78 is 0. The highest BCUT2D eigenvalue weighted by molar-refractivity contribution is 7.98. The maximum Gasteiger partial charge on any atom is 0.224 e. The molecule has 0 saturated carbocycles. The topological polar surface area (TPSA) is 49.8 Å². The number of hydrogen-bond acceptors (Lipinski definition) is 5. The van der Waals surface area contributed by atoms with Crippen LogP contribution in [-0.2, 0) is 0 Å². The number of hydrogen-bond donors (Lipinski definition) is 2. The Morgan fingerprint density at radius 1 is 1.41 bits per heavy atom. The number of nitrogens with one attached hydrogen (secondary N) is 2. The average Bonchev–Trinajstić information content (AvgIpc) is 2.33. The predicted molar refractivity (Wildman–Crippen MR) is 77.0 cm³/mol. The molecule has 96 valence electrons. The quantitative estimate of drug-likeness (QED) is 0.783. The van der Waals surface area contributed by atoms with Crippen LogP contribution >= 0.6 is 11.8 Å². The van der Waals surface area contributed by atoms with Crippen LogP contribution in [0.25, 0.3) is 0 Å². The number of nitrogens with zero attached hydrogens (tertiary/aromatic N) is 2. The van der Waals surface area contributed by atoms with Crippen molar-refractivity contribution in [1.82, 2.24) is 9.97 Å². The lowest BCUT2D eigenvalue weighted by Crippen LogP contribution is -2.22. The molecular formula is C12H22N4S. The van der Waals surface area contributed by atoms with Crippen molar-refractivity contribution in [2.24, 2.45) is 0 Å². The molecule has 0 fully saturated rings. The van der Waals surface area contributed by atoms with Crippen LogP contribution in [0.4, 0.5) is 11.8 Å². The SMILES string of the molecule is CCNc1ncc(C)c(NC(CC)CSC)n1. The van der Waals surface area contributed by atoms with Gasteiger partial charge in [0.2, 0.25) is 5.95 Å². The average molecular weight is 254 g/mol. The van der Waals surface area contributed by atoms with Crippen molar-refractivity contribution in [2.75, 3.05) is 29.2 Å². The molecule has 0 aromatic carbocycles. The zero-order valence-electron chi connectivity index (χ0n) is 11.1. The van der Waals surface area contributed by atoms with Gasteiger partial charge < -0.3 is 10.6 Å². The van der Waals surface area contributed by atoms with Crippen LogP contribution in [0.2, 0.25) is 0 Å². The fourth-order valence-electron chi connectivity index (χ4n) is 1.49. The summed E-state index contributed by atoms with van der Waals surface area (Å²) in [5, 5.41) is 6.62. The van der Waals surface area contributed by atoms with Gasteiger partial charge in [-0.2, -0.15) is 16.7 Å². The van der Waals surface area contributed by atoms with Gasteiger partial charge in [-0.15, -0.1) is 0 Å². The molecule has 0 radical (unpaired) electrons. The number of anilines is 2. The smallest absolute Gasteiger partial charge is 0.224 e. The molecule has 0 aliphatic heterocycles. The summed E-state index contributed by atoms with van der Waals surface area (Å²) >= 11 is 1.85. The maximum atomic E-state index is 4.49. The number of aromatic nitrogens is 2. The predicted octanol–water partition coefficient (Wildman–Crippen LogP) is 2.77. The number of rotatable bonds is 7. The van der Waals surface area contributed by atoms with Crippen molar-refractivity contribution in [2.45, 2.75) is 33.2 Å². The van der Waals surface area contributed by atoms with Gasteiger partial charge in [0.05, 0.1) is 0 Å². The Morgan fingerprint density at radius 2 is 2.18 bits per heavy atom. The highest BCUT2D eigenvalue weighted by Gasteiger charge is 2.09. The maximum absolute atomic E-state index is 4.49. The van der Waals surface area contributed by atoms with Crippen LogP contribution in [0.1, 0.15) is 25.8 Å². The first-order valence-corrected chi connectivity index (χ1v) is 7.43. The van der Waals surface area contributed by atoms with Gasteiger partial charge in [-0.1, -0.05) is 6.92 Å². The van der Waals surface area contributed by atoms with Crippen LogP contribution in [-0.4, -0.2) is 34.6 Å². The van der Waals surface area contributed by atoms with Crippen molar-refractivity contribution in [3.63, 3.8) is 0 Å². The van der Waals surface area contributed by atoms with E-state index < -0.39 is 0 Å². The Bertz CT molecular complexity index is 343. The van der Waals surface area contributed by atoms with Crippen LogP contribution in [0.15, 0.2) is 6.20 Å². The van der Waals surface area contributed by atoms with Crippen LogP contribution < -0.4 is 10.6 Å². The summed E-state index contributed by atoms with van der Waals surface area (Å²) in [6.07, 6.45) is 5.08. The molecule has 5 heteroatoms. The second-order valence-electron chi connectivity index (χ2n) is 3.96. The fraction of sp³-hybridized carbons (Fsp3) is 0.667. The third-order valence-electron chi connectivity index (χ3n) is 2.51. The standard InChI is InChI=1S/C12H22N4S/c1-5-10(8-17-4)15-11-9(3)7-14-12(16-11)13-6-2/h7,10H,5-6,8H2,1-4H3,(H2,13,14,15,16). The molecular weight excluding hydrogens is 232 g/mol. The molecule has 0 aliphatic carbocycles. The zero-order valence-corrected chi connectivity index (χ0v) is 11.9. The highest BCUT2D eigenvalue weighted by Crippen LogP contribution is 2.15. The van der Waals surface area contributed by atoms with Gasteiger partial charge in [0.15, 0.2) is 0 Å². The summed E-state index contributed by atoms with van der Waals surface area (Å²) in [4.78, 5) is 8.73. The van der Waals surface area contributed by atoms with Gasteiger partial charge in [-0.3, -0.25) is 0 Å². The minimum absolute atomic E-state index is 0.466. The second kappa shape index (κ2) is 7.37. The van der Waals surface area contributed by atoms with Gasteiger partial charge in [-0.05, 0) is 26.5 Å². The Kier molecular flexibility index (Phi) is 6.11. The molecule has 1 aromatic rings. The molecule has 0 amide bonds. The van der Waals surface area contributed by atoms with E-state index in [1.807, 2.05) is 31.8 Å². The van der Waals surface area contributed by atoms with E-state index in [1.54, 1.807) is 0 Å². The summed E-state index contributed by atoms with van der Waals surface area (Å²) in [6.45, 7) is 7.10. The molecule has 2 N–H and O–H groups in total. The van der Waals surface area contributed by atoms with Crippen molar-refractivity contribution in [1.29, 1.82) is 0 Å². The molecule has 17 heavy (non-hydrogen) atoms. The molecule has 4 nitrogen and oxygen atoms in total. The van der Waals surface area contributed by atoms with Crippen molar-refractivity contribution in [3.8, 4) is 0 Å². The molecule has 1 atom stereocenters. The van der Waals surface area contributed by atoms with E-state index in [1.165, 1.54) is 0 Å². The van der Waals surface area contributed by atoms with Crippen molar-refractivity contribution < 1.29 is 0 Å². The van der Waals surface area contributed by atoms with Gasteiger partial charge in [-0.25, -0.2) is 4.98 Å². The normalized spacial score (nSPS) is 12.2. The monoisotopic (exact) mass is 254 g/mol. The van der Waals surface area contributed by atoms with Crippen molar-refractivity contribution >= 4 is 23.5 Å². The van der Waals surface area contributed by atoms with E-state index in [2.05, 4.69) is 33.8 Å². The lowest BCUT2D eigenvalue weighted by atomic mass is 10.2. The first kappa shape index (κ1) is 14.1. The van der Waals surface area contributed by atoms with Gasteiger partial charge in [0.25, 0.3) is 0 Å². The number of aryl methyl sites for hydroxylation is 1. The first-order chi connectivity index (χ1) is 8.21. The van der Waals surface area contributed by atoms with E-state index in [0.29, 0.717) is 12.0 Å².